The summed E-state index contributed by atoms with van der Waals surface area (Å²) in [7, 11) is 1.48. The van der Waals surface area contributed by atoms with Crippen molar-refractivity contribution >= 4 is 28.5 Å². The lowest BCUT2D eigenvalue weighted by Gasteiger charge is -2.06. The molecule has 0 saturated heterocycles. The van der Waals surface area contributed by atoms with Crippen LogP contribution in [0, 0.1) is 0 Å². The number of carboxylic acid groups (broad SMARTS) is 1. The van der Waals surface area contributed by atoms with Crippen molar-refractivity contribution in [1.82, 2.24) is 4.57 Å². The minimum atomic E-state index is -1.00. The molecule has 0 saturated carbocycles. The van der Waals surface area contributed by atoms with Gasteiger partial charge in [-0.15, -0.1) is 0 Å². The summed E-state index contributed by atoms with van der Waals surface area (Å²) in [4.78, 5) is 11.3. The summed E-state index contributed by atoms with van der Waals surface area (Å²) in [5.74, 6) is -0.561. The standard InChI is InChI=1S/C13H14ClNO4/c1-19-12-5-8-9(13(17)18)7-15(3-2-4-16)11(8)6-10(12)14/h5-7,16H,2-4H2,1H3,(H,17,18). The van der Waals surface area contributed by atoms with Gasteiger partial charge in [0.25, 0.3) is 0 Å². The Bertz CT molecular complexity index is 621. The molecule has 1 heterocycles. The van der Waals surface area contributed by atoms with Gasteiger partial charge in [-0.1, -0.05) is 11.6 Å². The van der Waals surface area contributed by atoms with Crippen LogP contribution in [0.3, 0.4) is 0 Å². The molecule has 0 bridgehead atoms. The maximum Gasteiger partial charge on any atom is 0.337 e. The fraction of sp³-hybridized carbons (Fsp3) is 0.308. The first kappa shape index (κ1) is 13.7. The summed E-state index contributed by atoms with van der Waals surface area (Å²) in [6.07, 6.45) is 2.10. The fourth-order valence-corrected chi connectivity index (χ4v) is 2.28. The van der Waals surface area contributed by atoms with E-state index in [0.717, 1.165) is 5.52 Å². The van der Waals surface area contributed by atoms with Gasteiger partial charge in [0, 0.05) is 24.7 Å². The molecule has 0 unspecified atom stereocenters. The van der Waals surface area contributed by atoms with Crippen LogP contribution in [0.15, 0.2) is 18.3 Å². The Kier molecular flexibility index (Phi) is 3.97. The number of benzene rings is 1. The van der Waals surface area contributed by atoms with Crippen molar-refractivity contribution in [2.75, 3.05) is 13.7 Å². The molecule has 0 amide bonds. The molecule has 1 aromatic carbocycles. The Morgan fingerprint density at radius 1 is 1.47 bits per heavy atom. The summed E-state index contributed by atoms with van der Waals surface area (Å²) in [6, 6.07) is 3.30. The Labute approximate surface area is 115 Å². The number of carbonyl (C=O) groups is 1. The molecule has 2 N–H and O–H groups in total. The van der Waals surface area contributed by atoms with E-state index in [2.05, 4.69) is 0 Å². The Balaban J connectivity index is 2.64. The van der Waals surface area contributed by atoms with Crippen LogP contribution in [0.1, 0.15) is 16.8 Å². The molecule has 1 aromatic heterocycles. The molecule has 0 radical (unpaired) electrons. The van der Waals surface area contributed by atoms with E-state index in [0.29, 0.717) is 29.1 Å². The average Bonchev–Trinajstić information content (AvgIpc) is 2.73. The number of hydrogen-bond acceptors (Lipinski definition) is 3. The number of fused-ring (bicyclic) bond motifs is 1. The first-order valence-corrected chi connectivity index (χ1v) is 6.16. The number of aryl methyl sites for hydroxylation is 1. The van der Waals surface area contributed by atoms with Gasteiger partial charge in [0.2, 0.25) is 0 Å². The highest BCUT2D eigenvalue weighted by Gasteiger charge is 2.16. The van der Waals surface area contributed by atoms with Crippen molar-refractivity contribution in [2.45, 2.75) is 13.0 Å². The third-order valence-corrected chi connectivity index (χ3v) is 3.24. The highest BCUT2D eigenvalue weighted by Crippen LogP contribution is 2.32. The van der Waals surface area contributed by atoms with Crippen molar-refractivity contribution in [3.63, 3.8) is 0 Å². The molecule has 19 heavy (non-hydrogen) atoms. The third kappa shape index (κ3) is 2.52. The summed E-state index contributed by atoms with van der Waals surface area (Å²) >= 11 is 6.06. The smallest absolute Gasteiger partial charge is 0.337 e. The van der Waals surface area contributed by atoms with Crippen molar-refractivity contribution in [1.29, 1.82) is 0 Å². The predicted molar refractivity (Wildman–Crippen MR) is 72.2 cm³/mol. The van der Waals surface area contributed by atoms with Gasteiger partial charge in [-0.25, -0.2) is 4.79 Å². The molecule has 102 valence electrons. The highest BCUT2D eigenvalue weighted by atomic mass is 35.5. The Hall–Kier alpha value is -1.72. The second-order valence-electron chi connectivity index (χ2n) is 4.12. The van der Waals surface area contributed by atoms with Gasteiger partial charge >= 0.3 is 5.97 Å². The van der Waals surface area contributed by atoms with Crippen LogP contribution in [0.5, 0.6) is 5.75 Å². The topological polar surface area (TPSA) is 71.7 Å². The van der Waals surface area contributed by atoms with E-state index >= 15 is 0 Å². The molecule has 6 heteroatoms. The maximum atomic E-state index is 11.3. The molecular weight excluding hydrogens is 270 g/mol. The number of methoxy groups -OCH3 is 1. The molecule has 0 aliphatic carbocycles. The second-order valence-corrected chi connectivity index (χ2v) is 4.53. The van der Waals surface area contributed by atoms with E-state index in [1.165, 1.54) is 7.11 Å². The van der Waals surface area contributed by atoms with Crippen LogP contribution < -0.4 is 4.74 Å². The second kappa shape index (κ2) is 5.50. The molecule has 0 atom stereocenters. The number of aromatic nitrogens is 1. The van der Waals surface area contributed by atoms with E-state index in [1.54, 1.807) is 22.9 Å². The number of aromatic carboxylic acids is 1. The van der Waals surface area contributed by atoms with Crippen LogP contribution in [-0.2, 0) is 6.54 Å². The number of carboxylic acids is 1. The molecular formula is C13H14ClNO4. The molecule has 0 fully saturated rings. The van der Waals surface area contributed by atoms with Gasteiger partial charge in [0.05, 0.1) is 23.2 Å². The van der Waals surface area contributed by atoms with Gasteiger partial charge in [0.1, 0.15) is 5.75 Å². The van der Waals surface area contributed by atoms with Crippen molar-refractivity contribution < 1.29 is 19.7 Å². The van der Waals surface area contributed by atoms with Crippen molar-refractivity contribution in [3.05, 3.63) is 28.9 Å². The van der Waals surface area contributed by atoms with Crippen LogP contribution in [0.2, 0.25) is 5.02 Å². The van der Waals surface area contributed by atoms with E-state index in [1.807, 2.05) is 0 Å². The zero-order chi connectivity index (χ0) is 14.0. The number of aliphatic hydroxyl groups is 1. The summed E-state index contributed by atoms with van der Waals surface area (Å²) in [5, 5.41) is 19.1. The van der Waals surface area contributed by atoms with E-state index in [9.17, 15) is 9.90 Å². The Morgan fingerprint density at radius 2 is 2.21 bits per heavy atom. The van der Waals surface area contributed by atoms with E-state index in [4.69, 9.17) is 21.4 Å². The number of ether oxygens (including phenoxy) is 1. The van der Waals surface area contributed by atoms with Crippen molar-refractivity contribution in [2.24, 2.45) is 0 Å². The third-order valence-electron chi connectivity index (χ3n) is 2.94. The first-order valence-electron chi connectivity index (χ1n) is 5.79. The summed E-state index contributed by atoms with van der Waals surface area (Å²) < 4.78 is 6.88. The number of aliphatic hydroxyl groups excluding tert-OH is 1. The summed E-state index contributed by atoms with van der Waals surface area (Å²) in [6.45, 7) is 0.578. The van der Waals surface area contributed by atoms with Crippen LogP contribution in [0.25, 0.3) is 10.9 Å². The number of halogens is 1. The lowest BCUT2D eigenvalue weighted by molar-refractivity contribution is 0.0699. The SMILES string of the molecule is COc1cc2c(C(=O)O)cn(CCCO)c2cc1Cl. The fourth-order valence-electron chi connectivity index (χ4n) is 2.04. The lowest BCUT2D eigenvalue weighted by Crippen LogP contribution is -1.99. The van der Waals surface area contributed by atoms with Gasteiger partial charge < -0.3 is 19.5 Å². The van der Waals surface area contributed by atoms with Crippen LogP contribution in [-0.4, -0.2) is 34.5 Å². The maximum absolute atomic E-state index is 11.3. The van der Waals surface area contributed by atoms with E-state index < -0.39 is 5.97 Å². The first-order chi connectivity index (χ1) is 9.08. The number of rotatable bonds is 5. The van der Waals surface area contributed by atoms with Gasteiger partial charge in [-0.2, -0.15) is 0 Å². The normalized spacial score (nSPS) is 10.9. The lowest BCUT2D eigenvalue weighted by atomic mass is 10.1. The van der Waals surface area contributed by atoms with Gasteiger partial charge in [-0.05, 0) is 18.6 Å². The molecule has 2 aromatic rings. The monoisotopic (exact) mass is 283 g/mol. The molecule has 2 rings (SSSR count). The zero-order valence-electron chi connectivity index (χ0n) is 10.4. The molecule has 0 aliphatic rings. The molecule has 5 nitrogen and oxygen atoms in total. The highest BCUT2D eigenvalue weighted by molar-refractivity contribution is 6.33. The Morgan fingerprint density at radius 3 is 2.79 bits per heavy atom. The zero-order valence-corrected chi connectivity index (χ0v) is 11.1. The average molecular weight is 284 g/mol. The quantitative estimate of drug-likeness (QED) is 0.884. The summed E-state index contributed by atoms with van der Waals surface area (Å²) in [5.41, 5.74) is 0.916. The largest absolute Gasteiger partial charge is 0.495 e. The molecule has 0 aliphatic heterocycles. The van der Waals surface area contributed by atoms with Gasteiger partial charge in [-0.3, -0.25) is 0 Å². The predicted octanol–water partition coefficient (Wildman–Crippen LogP) is 2.38. The van der Waals surface area contributed by atoms with Gasteiger partial charge in [0.15, 0.2) is 0 Å². The van der Waals surface area contributed by atoms with E-state index in [-0.39, 0.29) is 12.2 Å². The minimum absolute atomic E-state index is 0.0476. The van der Waals surface area contributed by atoms with Crippen LogP contribution >= 0.6 is 11.6 Å². The van der Waals surface area contributed by atoms with Crippen molar-refractivity contribution in [3.8, 4) is 5.75 Å². The minimum Gasteiger partial charge on any atom is -0.495 e. The van der Waals surface area contributed by atoms with Crippen LogP contribution in [0.4, 0.5) is 0 Å². The number of hydrogen-bond donors (Lipinski definition) is 2. The number of nitrogens with zero attached hydrogens (tertiary/aromatic N) is 1. The molecule has 0 spiro atoms.